The lowest BCUT2D eigenvalue weighted by Crippen LogP contribution is -2.42. The molecule has 0 aliphatic heterocycles. The van der Waals surface area contributed by atoms with Gasteiger partial charge >= 0.3 is 5.97 Å². The number of carboxylic acid groups (broad SMARTS) is 1. The summed E-state index contributed by atoms with van der Waals surface area (Å²) < 4.78 is 20.3. The molecule has 0 spiro atoms. The summed E-state index contributed by atoms with van der Waals surface area (Å²) in [6.45, 7) is 1.96. The molecule has 4 aromatic carbocycles. The second-order valence-corrected chi connectivity index (χ2v) is 9.70. The smallest absolute Gasteiger partial charge is 0.326 e. The van der Waals surface area contributed by atoms with E-state index in [1.165, 1.54) is 12.1 Å². The summed E-state index contributed by atoms with van der Waals surface area (Å²) in [6.07, 6.45) is -0.129. The Balaban J connectivity index is 1.30. The lowest BCUT2D eigenvalue weighted by Gasteiger charge is -2.15. The van der Waals surface area contributed by atoms with E-state index in [9.17, 15) is 14.7 Å². The van der Waals surface area contributed by atoms with Crippen LogP contribution in [0.4, 0.5) is 4.39 Å². The predicted octanol–water partition coefficient (Wildman–Crippen LogP) is 6.60. The number of hydrogen-bond donors (Lipinski definition) is 2. The van der Waals surface area contributed by atoms with Gasteiger partial charge in [-0.1, -0.05) is 64.8 Å². The fourth-order valence-electron chi connectivity index (χ4n) is 4.17. The zero-order valence-electron chi connectivity index (χ0n) is 21.3. The summed E-state index contributed by atoms with van der Waals surface area (Å²) in [5, 5.41) is 16.8. The molecule has 1 heterocycles. The number of halogens is 2. The van der Waals surface area contributed by atoms with Crippen LogP contribution in [0.15, 0.2) is 95.5 Å². The molecule has 0 bridgehead atoms. The lowest BCUT2D eigenvalue weighted by atomic mass is 10.0. The Morgan fingerprint density at radius 2 is 1.68 bits per heavy atom. The van der Waals surface area contributed by atoms with E-state index in [1.54, 1.807) is 36.4 Å². The van der Waals surface area contributed by atoms with Crippen LogP contribution in [0.1, 0.15) is 21.5 Å². The maximum absolute atomic E-state index is 15.0. The highest BCUT2D eigenvalue weighted by atomic mass is 35.5. The number of amides is 1. The molecular weight excluding hydrogens is 533 g/mol. The van der Waals surface area contributed by atoms with Gasteiger partial charge in [0.2, 0.25) is 5.82 Å². The van der Waals surface area contributed by atoms with Crippen molar-refractivity contribution in [3.05, 3.63) is 119 Å². The molecular formula is C31H23ClFN3O4. The number of rotatable bonds is 8. The first-order valence-electron chi connectivity index (χ1n) is 12.4. The van der Waals surface area contributed by atoms with Crippen LogP contribution in [0.2, 0.25) is 5.02 Å². The van der Waals surface area contributed by atoms with Crippen LogP contribution < -0.4 is 5.32 Å². The number of aryl methyl sites for hydroxylation is 1. The maximum Gasteiger partial charge on any atom is 0.326 e. The molecule has 0 saturated heterocycles. The van der Waals surface area contributed by atoms with E-state index in [0.717, 1.165) is 16.7 Å². The van der Waals surface area contributed by atoms with Crippen molar-refractivity contribution in [1.82, 2.24) is 15.5 Å². The van der Waals surface area contributed by atoms with Gasteiger partial charge in [-0.3, -0.25) is 4.79 Å². The SMILES string of the molecule is Cc1ccc(-c2nc(-c3ccc(CC(NC(=O)c4cccc(-c5ccc(Cl)cc5)c4)C(=O)O)cc3F)no2)cc1. The number of aliphatic carboxylic acids is 1. The molecule has 200 valence electrons. The number of carbonyl (C=O) groups is 2. The Morgan fingerprint density at radius 3 is 2.38 bits per heavy atom. The number of aromatic nitrogens is 2. The van der Waals surface area contributed by atoms with Crippen molar-refractivity contribution in [1.29, 1.82) is 0 Å². The van der Waals surface area contributed by atoms with Gasteiger partial charge in [0.05, 0.1) is 5.56 Å². The van der Waals surface area contributed by atoms with Crippen molar-refractivity contribution in [2.75, 3.05) is 0 Å². The molecule has 1 aromatic heterocycles. The number of carboxylic acids is 1. The van der Waals surface area contributed by atoms with Crippen LogP contribution in [-0.2, 0) is 11.2 Å². The lowest BCUT2D eigenvalue weighted by molar-refractivity contribution is -0.139. The second kappa shape index (κ2) is 11.5. The summed E-state index contributed by atoms with van der Waals surface area (Å²) in [5.74, 6) is -2.11. The van der Waals surface area contributed by atoms with E-state index in [1.807, 2.05) is 49.4 Å². The van der Waals surface area contributed by atoms with Crippen molar-refractivity contribution in [2.24, 2.45) is 0 Å². The van der Waals surface area contributed by atoms with Gasteiger partial charge in [-0.05, 0) is 72.1 Å². The van der Waals surface area contributed by atoms with Gasteiger partial charge in [-0.15, -0.1) is 0 Å². The Hall–Kier alpha value is -4.82. The number of benzene rings is 4. The summed E-state index contributed by atoms with van der Waals surface area (Å²) >= 11 is 5.96. The van der Waals surface area contributed by atoms with Gasteiger partial charge in [-0.2, -0.15) is 4.98 Å². The van der Waals surface area contributed by atoms with Gasteiger partial charge in [0, 0.05) is 22.6 Å². The van der Waals surface area contributed by atoms with E-state index >= 15 is 4.39 Å². The number of carbonyl (C=O) groups excluding carboxylic acids is 1. The minimum Gasteiger partial charge on any atom is -0.480 e. The highest BCUT2D eigenvalue weighted by Crippen LogP contribution is 2.26. The van der Waals surface area contributed by atoms with Crippen molar-refractivity contribution < 1.29 is 23.6 Å². The van der Waals surface area contributed by atoms with Gasteiger partial charge < -0.3 is 14.9 Å². The highest BCUT2D eigenvalue weighted by molar-refractivity contribution is 6.30. The minimum atomic E-state index is -1.28. The van der Waals surface area contributed by atoms with E-state index in [0.29, 0.717) is 21.7 Å². The highest BCUT2D eigenvalue weighted by Gasteiger charge is 2.23. The van der Waals surface area contributed by atoms with E-state index in [4.69, 9.17) is 16.1 Å². The molecule has 0 fully saturated rings. The molecule has 5 aromatic rings. The average Bonchev–Trinajstić information content (AvgIpc) is 3.43. The quantitative estimate of drug-likeness (QED) is 0.223. The monoisotopic (exact) mass is 555 g/mol. The van der Waals surface area contributed by atoms with E-state index in [-0.39, 0.29) is 23.7 Å². The largest absolute Gasteiger partial charge is 0.480 e. The fraction of sp³-hybridized carbons (Fsp3) is 0.0968. The third-order valence-electron chi connectivity index (χ3n) is 6.34. The van der Waals surface area contributed by atoms with Crippen molar-refractivity contribution in [3.8, 4) is 34.0 Å². The van der Waals surface area contributed by atoms with Crippen LogP contribution in [0.25, 0.3) is 34.0 Å². The first-order chi connectivity index (χ1) is 19.3. The first-order valence-corrected chi connectivity index (χ1v) is 12.7. The summed E-state index contributed by atoms with van der Waals surface area (Å²) in [5.41, 5.74) is 4.21. The fourth-order valence-corrected chi connectivity index (χ4v) is 4.30. The molecule has 0 saturated carbocycles. The topological polar surface area (TPSA) is 105 Å². The van der Waals surface area contributed by atoms with Crippen LogP contribution in [0.3, 0.4) is 0 Å². The molecule has 1 atom stereocenters. The minimum absolute atomic E-state index is 0.0725. The second-order valence-electron chi connectivity index (χ2n) is 9.26. The maximum atomic E-state index is 15.0. The Kier molecular flexibility index (Phi) is 7.70. The Bertz CT molecular complexity index is 1680. The Labute approximate surface area is 234 Å². The van der Waals surface area contributed by atoms with Crippen molar-refractivity contribution in [2.45, 2.75) is 19.4 Å². The molecule has 40 heavy (non-hydrogen) atoms. The molecule has 1 unspecified atom stereocenters. The van der Waals surface area contributed by atoms with E-state index in [2.05, 4.69) is 15.5 Å². The van der Waals surface area contributed by atoms with Gasteiger partial charge in [0.15, 0.2) is 0 Å². The van der Waals surface area contributed by atoms with Crippen LogP contribution in [0.5, 0.6) is 0 Å². The third-order valence-corrected chi connectivity index (χ3v) is 6.60. The number of hydrogen-bond acceptors (Lipinski definition) is 5. The molecule has 5 rings (SSSR count). The molecule has 9 heteroatoms. The zero-order chi connectivity index (χ0) is 28.2. The molecule has 0 aliphatic carbocycles. The zero-order valence-corrected chi connectivity index (χ0v) is 22.0. The first kappa shape index (κ1) is 26.8. The average molecular weight is 556 g/mol. The number of nitrogens with zero attached hydrogens (tertiary/aromatic N) is 2. The summed E-state index contributed by atoms with van der Waals surface area (Å²) in [4.78, 5) is 29.2. The van der Waals surface area contributed by atoms with Crippen molar-refractivity contribution >= 4 is 23.5 Å². The van der Waals surface area contributed by atoms with Crippen LogP contribution in [0, 0.1) is 12.7 Å². The van der Waals surface area contributed by atoms with Gasteiger partial charge in [-0.25, -0.2) is 9.18 Å². The normalized spacial score (nSPS) is 11.7. The third kappa shape index (κ3) is 6.08. The van der Waals surface area contributed by atoms with Crippen molar-refractivity contribution in [3.63, 3.8) is 0 Å². The van der Waals surface area contributed by atoms with Crippen LogP contribution in [-0.4, -0.2) is 33.2 Å². The van der Waals surface area contributed by atoms with Crippen LogP contribution >= 0.6 is 11.6 Å². The summed E-state index contributed by atoms with van der Waals surface area (Å²) in [6, 6.07) is 24.4. The standard InChI is InChI=1S/C31H23ClFN3O4/c1-18-5-8-21(9-6-18)30-35-28(36-40-30)25-14-7-19(15-26(25)33)16-27(31(38)39)34-29(37)23-4-2-3-22(17-23)20-10-12-24(32)13-11-20/h2-15,17,27H,16H2,1H3,(H,34,37)(H,38,39). The molecule has 7 nitrogen and oxygen atoms in total. The predicted molar refractivity (Wildman–Crippen MR) is 149 cm³/mol. The molecule has 0 radical (unpaired) electrons. The molecule has 2 N–H and O–H groups in total. The molecule has 1 amide bonds. The van der Waals surface area contributed by atoms with Gasteiger partial charge in [0.25, 0.3) is 11.8 Å². The Morgan fingerprint density at radius 1 is 0.950 bits per heavy atom. The summed E-state index contributed by atoms with van der Waals surface area (Å²) in [7, 11) is 0. The molecule has 0 aliphatic rings. The van der Waals surface area contributed by atoms with E-state index < -0.39 is 23.7 Å². The van der Waals surface area contributed by atoms with Gasteiger partial charge in [0.1, 0.15) is 11.9 Å². The number of nitrogens with one attached hydrogen (secondary N) is 1.